The van der Waals surface area contributed by atoms with Gasteiger partial charge in [-0.25, -0.2) is 0 Å². The Kier molecular flexibility index (Phi) is 53.6. The van der Waals surface area contributed by atoms with Crippen LogP contribution < -0.4 is 5.32 Å². The molecule has 0 aliphatic heterocycles. The number of amides is 1. The number of unbranched alkanes of at least 4 members (excludes halogenated alkanes) is 36. The fourth-order valence-electron chi connectivity index (χ4n) is 8.64. The molecule has 0 aromatic carbocycles. The number of aliphatic hydroxyl groups is 2. The third kappa shape index (κ3) is 51.2. The van der Waals surface area contributed by atoms with Crippen LogP contribution in [0.25, 0.3) is 0 Å². The zero-order valence-electron chi connectivity index (χ0n) is 43.9. The number of nitrogens with one attached hydrogen (secondary N) is 1. The number of ether oxygens (including phenoxy) is 1. The van der Waals surface area contributed by atoms with E-state index in [4.69, 9.17) is 4.74 Å². The van der Waals surface area contributed by atoms with Gasteiger partial charge < -0.3 is 20.3 Å². The third-order valence-corrected chi connectivity index (χ3v) is 13.1. The van der Waals surface area contributed by atoms with Gasteiger partial charge in [-0.2, -0.15) is 0 Å². The van der Waals surface area contributed by atoms with Crippen molar-refractivity contribution in [3.63, 3.8) is 0 Å². The highest BCUT2D eigenvalue weighted by Crippen LogP contribution is 2.16. The van der Waals surface area contributed by atoms with Crippen molar-refractivity contribution in [1.82, 2.24) is 5.32 Å². The van der Waals surface area contributed by atoms with Gasteiger partial charge in [0.1, 0.15) is 0 Å². The van der Waals surface area contributed by atoms with Crippen molar-refractivity contribution < 1.29 is 24.5 Å². The van der Waals surface area contributed by atoms with Crippen LogP contribution in [0.4, 0.5) is 0 Å². The minimum Gasteiger partial charge on any atom is -0.465 e. The van der Waals surface area contributed by atoms with Gasteiger partial charge in [0.2, 0.25) is 5.91 Å². The molecule has 2 atom stereocenters. The zero-order chi connectivity index (χ0) is 47.9. The molecule has 1 amide bonds. The summed E-state index contributed by atoms with van der Waals surface area (Å²) in [5.41, 5.74) is 0. The molecular weight excluding hydrogens is 815 g/mol. The number of carbonyl (C=O) groups excluding carboxylic acids is 2. The van der Waals surface area contributed by atoms with Crippen LogP contribution in [-0.4, -0.2) is 47.4 Å². The topological polar surface area (TPSA) is 95.9 Å². The van der Waals surface area contributed by atoms with Crippen molar-refractivity contribution in [2.45, 2.75) is 309 Å². The summed E-state index contributed by atoms with van der Waals surface area (Å²) in [5.74, 6) is -0.118. The summed E-state index contributed by atoms with van der Waals surface area (Å²) >= 11 is 0. The highest BCUT2D eigenvalue weighted by Gasteiger charge is 2.18. The molecule has 0 aliphatic carbocycles. The Morgan fingerprint density at radius 1 is 0.424 bits per heavy atom. The Morgan fingerprint density at radius 3 is 1.17 bits per heavy atom. The standard InChI is InChI=1S/C60H111NO5/c1-3-5-7-9-11-13-15-17-18-27-30-34-38-42-46-50-54-60(65)66-55-51-47-43-39-35-31-28-25-23-21-19-20-22-24-26-29-33-37-41-45-49-53-59(64)61-57(56-62)58(63)52-48-44-40-36-32-16-14-12-10-8-6-4-2/h18,27,31,35,43,47-48,52,57-58,62-63H,3-17,19-26,28-30,32-34,36-42,44-46,49-51,53-56H2,1-2H3,(H,61,64)/b27-18-,35-31-,47-43-,52-48+. The molecule has 0 radical (unpaired) electrons. The second kappa shape index (κ2) is 55.4. The Morgan fingerprint density at radius 2 is 0.758 bits per heavy atom. The van der Waals surface area contributed by atoms with Crippen molar-refractivity contribution in [3.8, 4) is 0 Å². The van der Waals surface area contributed by atoms with Crippen molar-refractivity contribution in [1.29, 1.82) is 0 Å². The van der Waals surface area contributed by atoms with Crippen LogP contribution >= 0.6 is 0 Å². The lowest BCUT2D eigenvalue weighted by Crippen LogP contribution is -2.45. The highest BCUT2D eigenvalue weighted by atomic mass is 16.5. The summed E-state index contributed by atoms with van der Waals surface area (Å²) in [6, 6.07) is -0.631. The van der Waals surface area contributed by atoms with Gasteiger partial charge in [0.15, 0.2) is 0 Å². The molecule has 0 aromatic rings. The molecule has 66 heavy (non-hydrogen) atoms. The van der Waals surface area contributed by atoms with Gasteiger partial charge in [-0.05, 0) is 77.0 Å². The van der Waals surface area contributed by atoms with Gasteiger partial charge in [-0.15, -0.1) is 0 Å². The molecule has 0 spiro atoms. The number of carbonyl (C=O) groups is 2. The van der Waals surface area contributed by atoms with Crippen LogP contribution in [0.5, 0.6) is 0 Å². The van der Waals surface area contributed by atoms with Crippen molar-refractivity contribution in [2.75, 3.05) is 13.2 Å². The summed E-state index contributed by atoms with van der Waals surface area (Å²) in [7, 11) is 0. The largest absolute Gasteiger partial charge is 0.465 e. The predicted octanol–water partition coefficient (Wildman–Crippen LogP) is 17.8. The molecule has 0 aromatic heterocycles. The number of rotatable bonds is 53. The van der Waals surface area contributed by atoms with E-state index in [-0.39, 0.29) is 18.5 Å². The van der Waals surface area contributed by atoms with Gasteiger partial charge in [-0.3, -0.25) is 9.59 Å². The number of hydrogen-bond donors (Lipinski definition) is 3. The summed E-state index contributed by atoms with van der Waals surface area (Å²) in [6.45, 7) is 4.78. The smallest absolute Gasteiger partial charge is 0.305 e. The van der Waals surface area contributed by atoms with E-state index in [0.717, 1.165) is 51.4 Å². The lowest BCUT2D eigenvalue weighted by Gasteiger charge is -2.20. The van der Waals surface area contributed by atoms with E-state index in [1.165, 1.54) is 218 Å². The Balaban J connectivity index is 3.47. The average Bonchev–Trinajstić information content (AvgIpc) is 3.32. The number of esters is 1. The molecule has 0 fully saturated rings. The molecule has 3 N–H and O–H groups in total. The fourth-order valence-corrected chi connectivity index (χ4v) is 8.64. The number of hydrogen-bond acceptors (Lipinski definition) is 5. The molecule has 6 heteroatoms. The van der Waals surface area contributed by atoms with Crippen molar-refractivity contribution in [2.24, 2.45) is 0 Å². The van der Waals surface area contributed by atoms with Crippen LogP contribution in [0.1, 0.15) is 296 Å². The first-order valence-corrected chi connectivity index (χ1v) is 28.9. The fraction of sp³-hybridized carbons (Fsp3) is 0.833. The molecule has 0 aliphatic rings. The van der Waals surface area contributed by atoms with E-state index >= 15 is 0 Å². The van der Waals surface area contributed by atoms with Crippen LogP contribution in [0, 0.1) is 0 Å². The number of aliphatic hydroxyl groups excluding tert-OH is 2. The number of allylic oxidation sites excluding steroid dienone is 6. The molecule has 0 bridgehead atoms. The Labute approximate surface area is 410 Å². The van der Waals surface area contributed by atoms with Gasteiger partial charge in [0.25, 0.3) is 0 Å². The molecule has 0 saturated heterocycles. The third-order valence-electron chi connectivity index (χ3n) is 13.1. The van der Waals surface area contributed by atoms with Gasteiger partial charge in [0.05, 0.1) is 25.4 Å². The van der Waals surface area contributed by atoms with Crippen LogP contribution in [-0.2, 0) is 14.3 Å². The van der Waals surface area contributed by atoms with Crippen molar-refractivity contribution in [3.05, 3.63) is 48.6 Å². The quantitative estimate of drug-likeness (QED) is 0.0321. The van der Waals surface area contributed by atoms with E-state index in [1.54, 1.807) is 6.08 Å². The molecule has 386 valence electrons. The minimum absolute atomic E-state index is 0.0438. The molecular formula is C60H111NO5. The maximum Gasteiger partial charge on any atom is 0.305 e. The summed E-state index contributed by atoms with van der Waals surface area (Å²) in [4.78, 5) is 24.4. The summed E-state index contributed by atoms with van der Waals surface area (Å²) in [6.07, 6.45) is 70.1. The Bertz CT molecular complexity index is 1110. The first-order valence-electron chi connectivity index (χ1n) is 28.9. The highest BCUT2D eigenvalue weighted by molar-refractivity contribution is 5.76. The van der Waals surface area contributed by atoms with Crippen LogP contribution in [0.2, 0.25) is 0 Å². The monoisotopic (exact) mass is 926 g/mol. The van der Waals surface area contributed by atoms with Gasteiger partial charge >= 0.3 is 5.97 Å². The zero-order valence-corrected chi connectivity index (χ0v) is 43.9. The Hall–Kier alpha value is -2.18. The first kappa shape index (κ1) is 63.8. The van der Waals surface area contributed by atoms with E-state index < -0.39 is 12.1 Å². The maximum atomic E-state index is 12.4. The summed E-state index contributed by atoms with van der Waals surface area (Å²) < 4.78 is 5.41. The van der Waals surface area contributed by atoms with E-state index in [9.17, 15) is 19.8 Å². The molecule has 0 saturated carbocycles. The van der Waals surface area contributed by atoms with Gasteiger partial charge in [-0.1, -0.05) is 255 Å². The second-order valence-electron chi connectivity index (χ2n) is 19.6. The lowest BCUT2D eigenvalue weighted by atomic mass is 10.0. The molecule has 2 unspecified atom stereocenters. The predicted molar refractivity (Wildman–Crippen MR) is 287 cm³/mol. The average molecular weight is 927 g/mol. The SMILES string of the molecule is CCCCCCCCC/C=C\CCCCCCCC(=O)OCC/C=C\C/C=C\CCCCCCCCCCCCCCCCC(=O)NC(CO)C(O)/C=C/CCCCCCCCCCCC. The second-order valence-corrected chi connectivity index (χ2v) is 19.6. The first-order chi connectivity index (χ1) is 32.5. The van der Waals surface area contributed by atoms with Crippen molar-refractivity contribution >= 4 is 11.9 Å². The van der Waals surface area contributed by atoms with E-state index in [2.05, 4.69) is 55.6 Å². The lowest BCUT2D eigenvalue weighted by molar-refractivity contribution is -0.143. The molecule has 6 nitrogen and oxygen atoms in total. The molecule has 0 heterocycles. The minimum atomic E-state index is -0.847. The molecule has 0 rings (SSSR count). The van der Waals surface area contributed by atoms with E-state index in [1.807, 2.05) is 6.08 Å². The maximum absolute atomic E-state index is 12.4. The van der Waals surface area contributed by atoms with Crippen LogP contribution in [0.3, 0.4) is 0 Å². The summed E-state index contributed by atoms with van der Waals surface area (Å²) in [5, 5.41) is 23.0. The van der Waals surface area contributed by atoms with Gasteiger partial charge in [0, 0.05) is 12.8 Å². The van der Waals surface area contributed by atoms with E-state index in [0.29, 0.717) is 19.4 Å². The normalized spacial score (nSPS) is 13.0. The van der Waals surface area contributed by atoms with Crippen LogP contribution in [0.15, 0.2) is 48.6 Å².